The Morgan fingerprint density at radius 1 is 0.872 bits per heavy atom. The van der Waals surface area contributed by atoms with Crippen molar-refractivity contribution in [2.75, 3.05) is 12.3 Å². The SMILES string of the molecule is O=S(=O)(CCC[C@@H]1CCCN1S(=O)(=O)c1cccc2ccccc12)N1[C@@H]2CC[C@@H]1CC(Oc1ccncc1)C2. The molecule has 0 radical (unpaired) electrons. The highest BCUT2D eigenvalue weighted by Gasteiger charge is 2.47. The lowest BCUT2D eigenvalue weighted by Crippen LogP contribution is -2.50. The minimum Gasteiger partial charge on any atom is -0.490 e. The highest BCUT2D eigenvalue weighted by molar-refractivity contribution is 7.89. The fraction of sp³-hybridized carbons (Fsp3) is 0.483. The van der Waals surface area contributed by atoms with Crippen LogP contribution in [0.4, 0.5) is 0 Å². The normalized spacial score (nSPS) is 26.3. The van der Waals surface area contributed by atoms with E-state index in [1.807, 2.05) is 42.5 Å². The second-order valence-corrected chi connectivity index (χ2v) is 14.8. The molecule has 208 valence electrons. The van der Waals surface area contributed by atoms with Crippen LogP contribution in [0.25, 0.3) is 10.8 Å². The zero-order valence-electron chi connectivity index (χ0n) is 21.9. The third kappa shape index (κ3) is 5.31. The van der Waals surface area contributed by atoms with E-state index in [-0.39, 0.29) is 30.0 Å². The van der Waals surface area contributed by atoms with Crippen molar-refractivity contribution in [1.82, 2.24) is 13.6 Å². The number of hydrogen-bond acceptors (Lipinski definition) is 6. The summed E-state index contributed by atoms with van der Waals surface area (Å²) in [5.41, 5.74) is 0. The largest absolute Gasteiger partial charge is 0.490 e. The van der Waals surface area contributed by atoms with Crippen molar-refractivity contribution >= 4 is 30.8 Å². The first-order valence-corrected chi connectivity index (χ1v) is 17.0. The van der Waals surface area contributed by atoms with Gasteiger partial charge in [0.25, 0.3) is 0 Å². The van der Waals surface area contributed by atoms with Crippen molar-refractivity contribution in [2.24, 2.45) is 0 Å². The lowest BCUT2D eigenvalue weighted by atomic mass is 10.0. The van der Waals surface area contributed by atoms with Gasteiger partial charge in [-0.05, 0) is 62.1 Å². The van der Waals surface area contributed by atoms with Crippen LogP contribution in [-0.4, -0.2) is 67.0 Å². The van der Waals surface area contributed by atoms with Crippen molar-refractivity contribution in [3.63, 3.8) is 0 Å². The van der Waals surface area contributed by atoms with Crippen LogP contribution in [0, 0.1) is 0 Å². The fourth-order valence-corrected chi connectivity index (χ4v) is 10.8. The Balaban J connectivity index is 1.09. The molecule has 39 heavy (non-hydrogen) atoms. The number of aromatic nitrogens is 1. The predicted octanol–water partition coefficient (Wildman–Crippen LogP) is 4.57. The van der Waals surface area contributed by atoms with E-state index >= 15 is 0 Å². The molecule has 2 aromatic carbocycles. The lowest BCUT2D eigenvalue weighted by Gasteiger charge is -2.38. The summed E-state index contributed by atoms with van der Waals surface area (Å²) >= 11 is 0. The average molecular weight is 570 g/mol. The van der Waals surface area contributed by atoms with E-state index in [0.717, 1.165) is 42.2 Å². The molecular formula is C29H35N3O5S2. The number of sulfonamides is 2. The molecule has 1 aromatic heterocycles. The van der Waals surface area contributed by atoms with Crippen LogP contribution in [0.1, 0.15) is 51.4 Å². The van der Waals surface area contributed by atoms with Gasteiger partial charge in [-0.15, -0.1) is 0 Å². The van der Waals surface area contributed by atoms with Crippen LogP contribution in [0.15, 0.2) is 71.9 Å². The van der Waals surface area contributed by atoms with E-state index in [4.69, 9.17) is 4.74 Å². The highest BCUT2D eigenvalue weighted by atomic mass is 32.2. The van der Waals surface area contributed by atoms with E-state index < -0.39 is 20.0 Å². The maximum absolute atomic E-state index is 13.7. The summed E-state index contributed by atoms with van der Waals surface area (Å²) in [6.07, 6.45) is 9.04. The monoisotopic (exact) mass is 569 g/mol. The smallest absolute Gasteiger partial charge is 0.243 e. The molecule has 10 heteroatoms. The number of pyridine rings is 1. The standard InChI is InChI=1S/C29H35N3O5S2/c33-38(34,32-24-12-13-25(32)21-27(20-24)37-26-14-16-30-17-15-26)19-5-9-23-8-4-18-31(23)39(35,36)29-11-3-7-22-6-1-2-10-28(22)29/h1-3,6-7,10-11,14-17,23-25,27H,4-5,8-9,12-13,18-21H2/t23-,24+,25+/m0/s1. The summed E-state index contributed by atoms with van der Waals surface area (Å²) in [5, 5.41) is 1.62. The molecule has 3 aliphatic heterocycles. The van der Waals surface area contributed by atoms with Crippen molar-refractivity contribution in [2.45, 2.75) is 80.5 Å². The van der Waals surface area contributed by atoms with Crippen molar-refractivity contribution < 1.29 is 21.6 Å². The lowest BCUT2D eigenvalue weighted by molar-refractivity contribution is 0.0956. The minimum absolute atomic E-state index is 0.00247. The summed E-state index contributed by atoms with van der Waals surface area (Å²) in [7, 11) is -7.13. The van der Waals surface area contributed by atoms with E-state index in [9.17, 15) is 16.8 Å². The molecule has 0 amide bonds. The van der Waals surface area contributed by atoms with Gasteiger partial charge in [0.15, 0.2) is 0 Å². The molecule has 0 saturated carbocycles. The van der Waals surface area contributed by atoms with Gasteiger partial charge in [0.05, 0.1) is 10.6 Å². The zero-order chi connectivity index (χ0) is 27.0. The number of nitrogens with zero attached hydrogens (tertiary/aromatic N) is 3. The molecule has 6 rings (SSSR count). The molecule has 3 aromatic rings. The molecule has 2 bridgehead atoms. The summed E-state index contributed by atoms with van der Waals surface area (Å²) < 4.78 is 63.8. The molecule has 3 atom stereocenters. The van der Waals surface area contributed by atoms with E-state index in [1.54, 1.807) is 33.1 Å². The molecule has 3 saturated heterocycles. The molecule has 3 fully saturated rings. The number of rotatable bonds is 9. The summed E-state index contributed by atoms with van der Waals surface area (Å²) in [6.45, 7) is 0.470. The Bertz CT molecular complexity index is 1510. The zero-order valence-corrected chi connectivity index (χ0v) is 23.6. The molecule has 0 N–H and O–H groups in total. The van der Waals surface area contributed by atoms with Gasteiger partial charge in [-0.1, -0.05) is 36.4 Å². The molecule has 3 aliphatic rings. The fourth-order valence-electron chi connectivity index (χ4n) is 6.81. The van der Waals surface area contributed by atoms with Crippen molar-refractivity contribution in [3.05, 3.63) is 67.0 Å². The Morgan fingerprint density at radius 2 is 1.59 bits per heavy atom. The quantitative estimate of drug-likeness (QED) is 0.375. The van der Waals surface area contributed by atoms with Crippen LogP contribution < -0.4 is 4.74 Å². The third-order valence-corrected chi connectivity index (χ3v) is 12.5. The summed E-state index contributed by atoms with van der Waals surface area (Å²) in [4.78, 5) is 4.35. The second-order valence-electron chi connectivity index (χ2n) is 11.0. The number of piperidine rings is 1. The van der Waals surface area contributed by atoms with Crippen LogP contribution in [0.2, 0.25) is 0 Å². The van der Waals surface area contributed by atoms with Gasteiger partial charge < -0.3 is 4.74 Å². The van der Waals surface area contributed by atoms with Gasteiger partial charge in [0.1, 0.15) is 11.9 Å². The first-order chi connectivity index (χ1) is 18.8. The van der Waals surface area contributed by atoms with Gasteiger partial charge in [0.2, 0.25) is 20.0 Å². The van der Waals surface area contributed by atoms with E-state index in [2.05, 4.69) is 4.98 Å². The molecule has 0 aliphatic carbocycles. The topological polar surface area (TPSA) is 96.9 Å². The second kappa shape index (κ2) is 10.8. The summed E-state index contributed by atoms with van der Waals surface area (Å²) in [6, 6.07) is 16.3. The van der Waals surface area contributed by atoms with Crippen molar-refractivity contribution in [1.29, 1.82) is 0 Å². The Morgan fingerprint density at radius 3 is 2.36 bits per heavy atom. The van der Waals surface area contributed by atoms with E-state index in [0.29, 0.717) is 37.1 Å². The van der Waals surface area contributed by atoms with Gasteiger partial charge in [0, 0.05) is 55.3 Å². The number of ether oxygens (including phenoxy) is 1. The number of benzene rings is 2. The molecule has 8 nitrogen and oxygen atoms in total. The van der Waals surface area contributed by atoms with Crippen LogP contribution in [0.5, 0.6) is 5.75 Å². The van der Waals surface area contributed by atoms with Gasteiger partial charge in [-0.25, -0.2) is 16.8 Å². The Labute approximate surface area is 231 Å². The highest BCUT2D eigenvalue weighted by Crippen LogP contribution is 2.40. The molecule has 4 heterocycles. The van der Waals surface area contributed by atoms with Gasteiger partial charge in [-0.3, -0.25) is 4.98 Å². The summed E-state index contributed by atoms with van der Waals surface area (Å²) in [5.74, 6) is 0.819. The number of hydrogen-bond donors (Lipinski definition) is 0. The first-order valence-electron chi connectivity index (χ1n) is 13.9. The minimum atomic E-state index is -3.68. The Kier molecular flexibility index (Phi) is 7.39. The molecular weight excluding hydrogens is 534 g/mol. The third-order valence-electron chi connectivity index (χ3n) is 8.50. The van der Waals surface area contributed by atoms with Gasteiger partial charge >= 0.3 is 0 Å². The Hall–Kier alpha value is -2.53. The van der Waals surface area contributed by atoms with Crippen LogP contribution in [0.3, 0.4) is 0 Å². The first kappa shape index (κ1) is 26.7. The average Bonchev–Trinajstić information content (AvgIpc) is 3.52. The van der Waals surface area contributed by atoms with Crippen LogP contribution >= 0.6 is 0 Å². The maximum atomic E-state index is 13.7. The predicted molar refractivity (Wildman–Crippen MR) is 150 cm³/mol. The van der Waals surface area contributed by atoms with Gasteiger partial charge in [-0.2, -0.15) is 8.61 Å². The van der Waals surface area contributed by atoms with E-state index in [1.165, 1.54) is 0 Å². The van der Waals surface area contributed by atoms with Crippen LogP contribution in [-0.2, 0) is 20.0 Å². The van der Waals surface area contributed by atoms with Crippen molar-refractivity contribution in [3.8, 4) is 5.75 Å². The molecule has 0 unspecified atom stereocenters. The number of fused-ring (bicyclic) bond motifs is 3. The maximum Gasteiger partial charge on any atom is 0.243 e. The molecule has 0 spiro atoms.